The second kappa shape index (κ2) is 60.7. The molecule has 11 amide bonds. The Labute approximate surface area is 714 Å². The molecule has 121 heavy (non-hydrogen) atoms. The maximum Gasteiger partial charge on any atom is 0.306 e. The van der Waals surface area contributed by atoms with Crippen molar-refractivity contribution in [1.82, 2.24) is 62.2 Å². The lowest BCUT2D eigenvalue weighted by molar-refractivity contribution is -0.150. The number of esters is 1. The number of aliphatic carboxylic acids is 1. The summed E-state index contributed by atoms with van der Waals surface area (Å²) in [4.78, 5) is 182. The van der Waals surface area contributed by atoms with E-state index in [-0.39, 0.29) is 114 Å². The van der Waals surface area contributed by atoms with Gasteiger partial charge in [-0.3, -0.25) is 72.1 Å². The standard InChI is InChI=1S/C82H134N12O26S/c1-14-56(4)73(91-81(109)82(9,10)92(11)12)79(106)93(66(55(2)3)52-67(120-60(8)95)78-90-65(54-121-78)77(105)88-62(50-57(5)80(107)108)51-61-20-22-63(96)23-21-61)31-26-68(97)84-28-29-85-74(102)58(6)86-75(103)59(7)87-76(104)64(89-69(98)19-17-30-94-71(100)24-25-72(94)101)18-15-16-27-83-70(99)53-119-49-48-118-47-46-117-45-44-116-43-42-115-41-40-114-39-38-113-37-36-112-35-34-111-33-32-110-13/h20-25,54-59,62,64,66-67,73,96H,14-19,26-53H2,1-13H3,(H,83,99)(H,84,97)(H,85,102)(H,86,103)(H,87,104)(H,88,105)(H,89,98)(H,91,109)(H,107,108)/t56-,57-,58-,59-,62+,64-,66+,67+,73-/m0/s1. The van der Waals surface area contributed by atoms with Crippen LogP contribution in [0.2, 0.25) is 0 Å². The molecule has 0 bridgehead atoms. The molecule has 2 heterocycles. The van der Waals surface area contributed by atoms with Gasteiger partial charge in [-0.05, 0) is 110 Å². The number of hydrogen-bond acceptors (Lipinski definition) is 28. The number of carbonyl (C=O) groups excluding carboxylic acids is 12. The molecular weight excluding hydrogens is 1600 g/mol. The van der Waals surface area contributed by atoms with E-state index in [1.54, 1.807) is 52.1 Å². The van der Waals surface area contributed by atoms with Crippen molar-refractivity contribution in [3.8, 4) is 5.75 Å². The van der Waals surface area contributed by atoms with Crippen LogP contribution in [0.25, 0.3) is 0 Å². The molecular formula is C82H134N12O26S. The van der Waals surface area contributed by atoms with Crippen LogP contribution in [0.3, 0.4) is 0 Å². The van der Waals surface area contributed by atoms with Crippen molar-refractivity contribution in [1.29, 1.82) is 0 Å². The average Bonchev–Trinajstić information content (AvgIpc) is 1.41. The molecule has 0 radical (unpaired) electrons. The van der Waals surface area contributed by atoms with E-state index in [1.807, 2.05) is 27.7 Å². The quantitative estimate of drug-likeness (QED) is 0.0257. The number of carboxylic acid groups (broad SMARTS) is 1. The molecule has 1 aliphatic rings. The smallest absolute Gasteiger partial charge is 0.306 e. The Morgan fingerprint density at radius 3 is 1.61 bits per heavy atom. The maximum atomic E-state index is 15.3. The molecule has 2 aromatic rings. The Bertz CT molecular complexity index is 3480. The van der Waals surface area contributed by atoms with Gasteiger partial charge in [-0.15, -0.1) is 11.3 Å². The number of nitrogens with one attached hydrogen (secondary N) is 8. The van der Waals surface area contributed by atoms with Gasteiger partial charge in [0.15, 0.2) is 6.10 Å². The fourth-order valence-corrected chi connectivity index (χ4v) is 12.5. The average molecular weight is 1740 g/mol. The molecule has 0 aliphatic carbocycles. The summed E-state index contributed by atoms with van der Waals surface area (Å²) < 4.78 is 60.0. The molecule has 3 rings (SSSR count). The number of phenolic OH excluding ortho intramolecular Hbond substituents is 1. The van der Waals surface area contributed by atoms with Crippen molar-refractivity contribution >= 4 is 88.3 Å². The van der Waals surface area contributed by atoms with Gasteiger partial charge in [0, 0.05) is 95.6 Å². The fraction of sp³-hybridized carbons (Fsp3) is 0.707. The molecule has 10 N–H and O–H groups in total. The lowest BCUT2D eigenvalue weighted by Gasteiger charge is -2.40. The van der Waals surface area contributed by atoms with Crippen LogP contribution in [-0.4, -0.2) is 328 Å². The molecule has 0 saturated heterocycles. The van der Waals surface area contributed by atoms with Crippen LogP contribution in [0.15, 0.2) is 41.8 Å². The number of benzene rings is 1. The number of nitrogens with zero attached hydrogens (tertiary/aromatic N) is 4. The van der Waals surface area contributed by atoms with E-state index in [1.165, 1.54) is 50.1 Å². The first-order valence-corrected chi connectivity index (χ1v) is 42.2. The number of phenols is 1. The van der Waals surface area contributed by atoms with Crippen molar-refractivity contribution in [2.45, 2.75) is 181 Å². The largest absolute Gasteiger partial charge is 0.508 e. The van der Waals surface area contributed by atoms with Gasteiger partial charge in [0.05, 0.1) is 130 Å². The Kier molecular flexibility index (Phi) is 53.4. The van der Waals surface area contributed by atoms with Gasteiger partial charge in [0.25, 0.3) is 17.7 Å². The number of ether oxygens (including phenoxy) is 11. The molecule has 9 atom stereocenters. The molecule has 0 fully saturated rings. The number of unbranched alkanes of at least 4 members (excludes halogenated alkanes) is 1. The van der Waals surface area contributed by atoms with Crippen molar-refractivity contribution in [2.24, 2.45) is 17.8 Å². The summed E-state index contributed by atoms with van der Waals surface area (Å²) >= 11 is 1.02. The third-order valence-electron chi connectivity index (χ3n) is 19.6. The van der Waals surface area contributed by atoms with Crippen LogP contribution in [0.1, 0.15) is 154 Å². The van der Waals surface area contributed by atoms with Crippen LogP contribution in [-0.2, 0) is 116 Å². The zero-order valence-corrected chi connectivity index (χ0v) is 73.6. The minimum atomic E-state index is -1.24. The van der Waals surface area contributed by atoms with Gasteiger partial charge in [-0.1, -0.05) is 53.2 Å². The summed E-state index contributed by atoms with van der Waals surface area (Å²) in [6.45, 7) is 23.1. The molecule has 0 saturated carbocycles. The zero-order chi connectivity index (χ0) is 89.7. The van der Waals surface area contributed by atoms with Crippen LogP contribution in [0.4, 0.5) is 0 Å². The first-order chi connectivity index (χ1) is 57.7. The first kappa shape index (κ1) is 106. The molecule has 39 heteroatoms. The van der Waals surface area contributed by atoms with Crippen LogP contribution >= 0.6 is 11.3 Å². The highest BCUT2D eigenvalue weighted by Gasteiger charge is 2.41. The second-order valence-corrected chi connectivity index (χ2v) is 31.0. The van der Waals surface area contributed by atoms with Crippen molar-refractivity contribution in [3.05, 3.63) is 58.1 Å². The third-order valence-corrected chi connectivity index (χ3v) is 20.5. The second-order valence-electron chi connectivity index (χ2n) is 30.1. The number of thiazole rings is 1. The highest BCUT2D eigenvalue weighted by atomic mass is 32.1. The molecule has 1 aromatic heterocycles. The lowest BCUT2D eigenvalue weighted by atomic mass is 9.91. The van der Waals surface area contributed by atoms with Gasteiger partial charge in [-0.25, -0.2) is 4.98 Å². The van der Waals surface area contributed by atoms with Gasteiger partial charge >= 0.3 is 11.9 Å². The SMILES string of the molecule is CC[C@H](C)[C@H](NC(=O)C(C)(C)N(C)C)C(=O)N(CCC(=O)NCCNC(=O)[C@H](C)NC(=O)[C@H](C)NC(=O)[C@H](CCCCNC(=O)COCCOCCOCCOCCOCCOCCOCCOCCOCCOC)NC(=O)CCCN1C(=O)C=CC1=O)[C@H](C[C@@H](OC(C)=O)c1nc(C(=O)N[C@@H](Cc2ccc(O)cc2)C[C@H](C)C(=O)O)cs1)C(C)C. The fourth-order valence-electron chi connectivity index (χ4n) is 11.7. The van der Waals surface area contributed by atoms with E-state index < -0.39 is 143 Å². The minimum Gasteiger partial charge on any atom is -0.508 e. The Morgan fingerprint density at radius 2 is 1.10 bits per heavy atom. The van der Waals surface area contributed by atoms with Crippen molar-refractivity contribution in [3.63, 3.8) is 0 Å². The van der Waals surface area contributed by atoms with Crippen molar-refractivity contribution in [2.75, 3.05) is 179 Å². The molecule has 38 nitrogen and oxygen atoms in total. The Hall–Kier alpha value is -8.74. The van der Waals surface area contributed by atoms with Gasteiger partial charge in [0.2, 0.25) is 47.3 Å². The molecule has 0 spiro atoms. The third kappa shape index (κ3) is 44.2. The molecule has 1 aliphatic heterocycles. The summed E-state index contributed by atoms with van der Waals surface area (Å²) in [5.41, 5.74) is -0.391. The number of hydrogen-bond donors (Lipinski definition) is 10. The predicted octanol–water partition coefficient (Wildman–Crippen LogP) is 1.92. The maximum absolute atomic E-state index is 15.3. The summed E-state index contributed by atoms with van der Waals surface area (Å²) in [6, 6.07) is 0.122. The number of carboxylic acids is 1. The number of aromatic nitrogens is 1. The number of carbonyl (C=O) groups is 13. The number of methoxy groups -OCH3 is 1. The summed E-state index contributed by atoms with van der Waals surface area (Å²) in [5, 5.41) is 43.1. The Balaban J connectivity index is 1.53. The summed E-state index contributed by atoms with van der Waals surface area (Å²) in [5.74, 6) is -9.67. The normalized spacial score (nSPS) is 14.4. The summed E-state index contributed by atoms with van der Waals surface area (Å²) in [7, 11) is 5.08. The monoisotopic (exact) mass is 1730 g/mol. The molecule has 684 valence electrons. The number of imide groups is 1. The van der Waals surface area contributed by atoms with Crippen molar-refractivity contribution < 1.29 is 125 Å². The zero-order valence-electron chi connectivity index (χ0n) is 72.7. The van der Waals surface area contributed by atoms with E-state index in [4.69, 9.17) is 52.1 Å². The van der Waals surface area contributed by atoms with E-state index in [0.29, 0.717) is 125 Å². The number of amides is 11. The first-order valence-electron chi connectivity index (χ1n) is 41.4. The molecule has 0 unspecified atom stereocenters. The van der Waals surface area contributed by atoms with Gasteiger partial charge in [0.1, 0.15) is 47.2 Å². The summed E-state index contributed by atoms with van der Waals surface area (Å²) in [6.07, 6.45) is 2.18. The van der Waals surface area contributed by atoms with E-state index in [9.17, 15) is 67.7 Å². The lowest BCUT2D eigenvalue weighted by Crippen LogP contribution is -2.61. The highest BCUT2D eigenvalue weighted by molar-refractivity contribution is 7.09. The molecule has 1 aromatic carbocycles. The van der Waals surface area contributed by atoms with E-state index in [2.05, 4.69) is 47.5 Å². The predicted molar refractivity (Wildman–Crippen MR) is 444 cm³/mol. The number of rotatable bonds is 69. The highest BCUT2D eigenvalue weighted by Crippen LogP contribution is 2.32. The van der Waals surface area contributed by atoms with Crippen LogP contribution < -0.4 is 42.5 Å². The van der Waals surface area contributed by atoms with Gasteiger partial charge < -0.3 is 110 Å². The Morgan fingerprint density at radius 1 is 0.587 bits per heavy atom. The van der Waals surface area contributed by atoms with Gasteiger partial charge in [-0.2, -0.15) is 0 Å². The minimum absolute atomic E-state index is 0.0308. The number of likely N-dealkylation sites (N-methyl/N-ethyl adjacent to an activating group) is 1. The van der Waals surface area contributed by atoms with Crippen LogP contribution in [0.5, 0.6) is 5.75 Å². The van der Waals surface area contributed by atoms with Crippen LogP contribution in [0, 0.1) is 17.8 Å². The van der Waals surface area contributed by atoms with E-state index >= 15 is 4.79 Å². The number of aromatic hydroxyl groups is 1. The topological polar surface area (TPSA) is 483 Å². The van der Waals surface area contributed by atoms with E-state index in [0.717, 1.165) is 34.0 Å².